The van der Waals surface area contributed by atoms with E-state index in [2.05, 4.69) is 9.60 Å². The summed E-state index contributed by atoms with van der Waals surface area (Å²) in [4.78, 5) is 49.9. The number of ketones is 1. The highest BCUT2D eigenvalue weighted by Gasteiger charge is 2.71. The highest BCUT2D eigenvalue weighted by Crippen LogP contribution is 2.49. The number of carbonyl (C=O) groups excluding carboxylic acids is 4. The van der Waals surface area contributed by atoms with Crippen molar-refractivity contribution < 1.29 is 32.8 Å². The molecule has 0 saturated carbocycles. The highest BCUT2D eigenvalue weighted by molar-refractivity contribution is 6.70. The van der Waals surface area contributed by atoms with Crippen LogP contribution in [0.5, 0.6) is 0 Å². The molecule has 1 unspecified atom stereocenters. The number of nitrogens with one attached hydrogen (secondary N) is 1. The number of halogens is 2. The minimum absolute atomic E-state index is 0.0504. The molecule has 0 aliphatic carbocycles. The molecular weight excluding hydrogens is 460 g/mol. The molecule has 1 N–H and O–H groups in total. The van der Waals surface area contributed by atoms with Crippen LogP contribution in [0.25, 0.3) is 0 Å². The van der Waals surface area contributed by atoms with E-state index in [1.54, 1.807) is 19.9 Å². The van der Waals surface area contributed by atoms with E-state index in [9.17, 15) is 19.2 Å². The Morgan fingerprint density at radius 3 is 2.28 bits per heavy atom. The molecule has 2 fully saturated rings. The number of Topliss-reactive ketones (excluding diaryl/α,β-unsaturated/α-hetero) is 1. The first-order valence-corrected chi connectivity index (χ1v) is 11.3. The van der Waals surface area contributed by atoms with Crippen molar-refractivity contribution in [1.82, 2.24) is 5.32 Å². The lowest BCUT2D eigenvalue weighted by atomic mass is 9.58. The number of fused-ring (bicyclic) bond motifs is 1. The van der Waals surface area contributed by atoms with Crippen molar-refractivity contribution in [3.05, 3.63) is 33.8 Å². The van der Waals surface area contributed by atoms with Gasteiger partial charge in [-0.15, -0.1) is 0 Å². The fourth-order valence-corrected chi connectivity index (χ4v) is 4.85. The van der Waals surface area contributed by atoms with Crippen LogP contribution in [0.3, 0.4) is 0 Å². The van der Waals surface area contributed by atoms with Crippen molar-refractivity contribution in [3.8, 4) is 0 Å². The van der Waals surface area contributed by atoms with Gasteiger partial charge in [0.15, 0.2) is 0 Å². The second-order valence-electron chi connectivity index (χ2n) is 8.70. The molecule has 1 aromatic carbocycles. The second-order valence-corrected chi connectivity index (χ2v) is 9.55. The van der Waals surface area contributed by atoms with Gasteiger partial charge in [0, 0.05) is 24.7 Å². The van der Waals surface area contributed by atoms with Crippen molar-refractivity contribution in [2.75, 3.05) is 6.54 Å². The molecule has 8 nitrogen and oxygen atoms in total. The number of benzene rings is 1. The minimum atomic E-state index is -2.54. The predicted molar refractivity (Wildman–Crippen MR) is 120 cm³/mol. The Bertz CT molecular complexity index is 930. The van der Waals surface area contributed by atoms with Gasteiger partial charge in [0.1, 0.15) is 5.78 Å². The van der Waals surface area contributed by atoms with Gasteiger partial charge in [-0.25, -0.2) is 9.59 Å². The second kappa shape index (κ2) is 9.41. The molecule has 0 spiro atoms. The molecule has 32 heavy (non-hydrogen) atoms. The van der Waals surface area contributed by atoms with Crippen molar-refractivity contribution in [2.24, 2.45) is 5.92 Å². The number of hydrogen-bond donors (Lipinski definition) is 1. The summed E-state index contributed by atoms with van der Waals surface area (Å²) in [6.07, 6.45) is -1.04. The Morgan fingerprint density at radius 2 is 1.72 bits per heavy atom. The Kier molecular flexibility index (Phi) is 7.22. The molecule has 3 rings (SSSR count). The summed E-state index contributed by atoms with van der Waals surface area (Å²) in [6, 6.07) is 4.47. The minimum Gasteiger partial charge on any atom is -0.579 e. The Hall–Kier alpha value is -2.10. The molecule has 0 radical (unpaired) electrons. The maximum Gasteiger partial charge on any atom is 0.688 e. The summed E-state index contributed by atoms with van der Waals surface area (Å²) < 4.78 is 13.9. The van der Waals surface area contributed by atoms with E-state index < -0.39 is 42.6 Å². The molecule has 4 atom stereocenters. The molecule has 0 bridgehead atoms. The first-order valence-electron chi connectivity index (χ1n) is 10.5. The van der Waals surface area contributed by atoms with Gasteiger partial charge < -0.3 is 18.9 Å². The highest BCUT2D eigenvalue weighted by atomic mass is 35.5. The summed E-state index contributed by atoms with van der Waals surface area (Å²) in [5.74, 6) is -2.30. The molecule has 2 saturated heterocycles. The first-order chi connectivity index (χ1) is 15.0. The third-order valence-electron chi connectivity index (χ3n) is 5.88. The van der Waals surface area contributed by atoms with E-state index in [4.69, 9.17) is 32.5 Å². The average Bonchev–Trinajstić information content (AvgIpc) is 3.11. The summed E-state index contributed by atoms with van der Waals surface area (Å²) in [7, 11) is 0. The monoisotopic (exact) mass is 485 g/mol. The number of hydrogen-bond acceptors (Lipinski definition) is 6. The van der Waals surface area contributed by atoms with Gasteiger partial charge in [0.05, 0.1) is 17.1 Å². The maximum atomic E-state index is 12.8. The third kappa shape index (κ3) is 4.65. The third-order valence-corrected chi connectivity index (χ3v) is 6.45. The number of carbonyl (C=O) groups is 4. The van der Waals surface area contributed by atoms with E-state index in [0.29, 0.717) is 11.4 Å². The van der Waals surface area contributed by atoms with Gasteiger partial charge >= 0.3 is 18.7 Å². The van der Waals surface area contributed by atoms with Crippen molar-refractivity contribution in [3.63, 3.8) is 0 Å². The molecule has 1 amide bonds. The van der Waals surface area contributed by atoms with Gasteiger partial charge in [0.25, 0.3) is 5.91 Å². The van der Waals surface area contributed by atoms with Gasteiger partial charge in [-0.1, -0.05) is 43.5 Å². The van der Waals surface area contributed by atoms with Crippen molar-refractivity contribution in [1.29, 1.82) is 0 Å². The topological polar surface area (TPSA) is 101 Å². The number of amides is 1. The fourth-order valence-electron chi connectivity index (χ4n) is 4.47. The fraction of sp³-hybridized carbons (Fsp3) is 0.524. The quantitative estimate of drug-likeness (QED) is 0.446. The zero-order valence-corrected chi connectivity index (χ0v) is 19.9. The Balaban J connectivity index is 1.75. The van der Waals surface area contributed by atoms with E-state index in [-0.39, 0.29) is 35.3 Å². The molecule has 11 heteroatoms. The standard InChI is InChI=1S/C21H26BCl2NO7/c1-11(2)7-14(22-30-20(28)12(3)32(22)13(4)21(29)31-22)8-16(26)10-25-19(27)17-9-15(23)5-6-18(17)24/h5-6,9,11-14H,7-8,10H2,1-4H3,(H,25,27)/t12-,13+,14-,22?/m1/s1. The van der Waals surface area contributed by atoms with Crippen LogP contribution in [0, 0.1) is 5.92 Å². The van der Waals surface area contributed by atoms with Crippen LogP contribution in [-0.2, 0) is 28.0 Å². The van der Waals surface area contributed by atoms with E-state index in [0.717, 1.165) is 0 Å². The first kappa shape index (κ1) is 24.5. The molecule has 2 heterocycles. The Labute approximate surface area is 196 Å². The van der Waals surface area contributed by atoms with Crippen molar-refractivity contribution >= 4 is 53.6 Å². The molecule has 0 aromatic heterocycles. The van der Waals surface area contributed by atoms with Gasteiger partial charge in [-0.2, -0.15) is 0 Å². The lowest BCUT2D eigenvalue weighted by Gasteiger charge is -2.38. The predicted octanol–water partition coefficient (Wildman–Crippen LogP) is 3.48. The number of rotatable bonds is 8. The average molecular weight is 486 g/mol. The molecule has 2 aliphatic rings. The van der Waals surface area contributed by atoms with Crippen molar-refractivity contribution in [2.45, 2.75) is 58.6 Å². The smallest absolute Gasteiger partial charge is 0.579 e. The summed E-state index contributed by atoms with van der Waals surface area (Å²) in [5, 5.41) is 3.10. The maximum absolute atomic E-state index is 12.8. The van der Waals surface area contributed by atoms with Crippen LogP contribution < -0.4 is 5.32 Å². The van der Waals surface area contributed by atoms with E-state index in [1.165, 1.54) is 12.1 Å². The van der Waals surface area contributed by atoms with Crippen LogP contribution in [0.2, 0.25) is 15.9 Å². The van der Waals surface area contributed by atoms with Crippen LogP contribution in [0.1, 0.15) is 50.9 Å². The van der Waals surface area contributed by atoms with Gasteiger partial charge in [0.2, 0.25) is 12.2 Å². The van der Waals surface area contributed by atoms with Crippen LogP contribution in [0.15, 0.2) is 18.2 Å². The zero-order valence-electron chi connectivity index (χ0n) is 18.4. The molecular formula is C21H26BCl2NO7. The summed E-state index contributed by atoms with van der Waals surface area (Å²) >= 11 is 12.0. The van der Waals surface area contributed by atoms with Crippen LogP contribution >= 0.6 is 23.2 Å². The molecule has 2 aliphatic heterocycles. The summed E-state index contributed by atoms with van der Waals surface area (Å²) in [6.45, 7) is 4.36. The SMILES string of the molecule is CC(C)C[C@H](CC(=O)CNC(=O)c1cc(Cl)ccc1Cl)[B-]12OC(=O)[C@@H](C)[O+]1[C@@H](C)C(=O)O2. The Morgan fingerprint density at radius 1 is 1.12 bits per heavy atom. The van der Waals surface area contributed by atoms with E-state index in [1.807, 2.05) is 13.8 Å². The lowest BCUT2D eigenvalue weighted by Crippen LogP contribution is -2.50. The van der Waals surface area contributed by atoms with Crippen LogP contribution in [-0.4, -0.2) is 49.1 Å². The molecule has 174 valence electrons. The normalized spacial score (nSPS) is 26.0. The van der Waals surface area contributed by atoms with E-state index >= 15 is 0 Å². The zero-order chi connectivity index (χ0) is 23.8. The lowest BCUT2D eigenvalue weighted by molar-refractivity contribution is -0.154. The molecule has 1 aromatic rings. The van der Waals surface area contributed by atoms with Crippen LogP contribution in [0.4, 0.5) is 0 Å². The largest absolute Gasteiger partial charge is 0.688 e. The van der Waals surface area contributed by atoms with Gasteiger partial charge in [-0.05, 0) is 30.5 Å². The van der Waals surface area contributed by atoms with Gasteiger partial charge in [-0.3, -0.25) is 9.59 Å². The summed E-state index contributed by atoms with van der Waals surface area (Å²) in [5.41, 5.74) is 0.160.